The summed E-state index contributed by atoms with van der Waals surface area (Å²) in [6.45, 7) is 5.74. The van der Waals surface area contributed by atoms with Crippen LogP contribution in [0.25, 0.3) is 0 Å². The molecule has 1 saturated heterocycles. The van der Waals surface area contributed by atoms with Gasteiger partial charge in [0.25, 0.3) is 0 Å². The van der Waals surface area contributed by atoms with Crippen LogP contribution in [0, 0.1) is 6.92 Å². The van der Waals surface area contributed by atoms with Crippen LogP contribution in [-0.4, -0.2) is 28.7 Å². The molecule has 0 radical (unpaired) electrons. The molecule has 2 aliphatic rings. The van der Waals surface area contributed by atoms with Gasteiger partial charge in [0, 0.05) is 24.6 Å². The summed E-state index contributed by atoms with van der Waals surface area (Å²) in [6.07, 6.45) is 4.56. The summed E-state index contributed by atoms with van der Waals surface area (Å²) >= 11 is 0. The van der Waals surface area contributed by atoms with Crippen LogP contribution in [0.4, 0.5) is 11.6 Å². The van der Waals surface area contributed by atoms with Crippen LogP contribution in [0.3, 0.4) is 0 Å². The summed E-state index contributed by atoms with van der Waals surface area (Å²) < 4.78 is 5.80. The number of aromatic nitrogens is 2. The van der Waals surface area contributed by atoms with E-state index < -0.39 is 0 Å². The first-order valence-electron chi connectivity index (χ1n) is 7.34. The number of rotatable bonds is 5. The maximum absolute atomic E-state index is 5.80. The van der Waals surface area contributed by atoms with Crippen molar-refractivity contribution < 1.29 is 4.74 Å². The van der Waals surface area contributed by atoms with E-state index in [2.05, 4.69) is 27.6 Å². The van der Waals surface area contributed by atoms with Gasteiger partial charge < -0.3 is 15.5 Å². The van der Waals surface area contributed by atoms with E-state index in [4.69, 9.17) is 10.6 Å². The number of hydrogen-bond acceptors (Lipinski definition) is 6. The summed E-state index contributed by atoms with van der Waals surface area (Å²) in [6, 6.07) is 0. The second kappa shape index (κ2) is 5.18. The van der Waals surface area contributed by atoms with Crippen molar-refractivity contribution in [1.29, 1.82) is 0 Å². The second-order valence-electron chi connectivity index (χ2n) is 6.08. The van der Waals surface area contributed by atoms with E-state index in [0.29, 0.717) is 11.7 Å². The third-order valence-electron chi connectivity index (χ3n) is 4.17. The molecule has 0 bridgehead atoms. The smallest absolute Gasteiger partial charge is 0.148 e. The van der Waals surface area contributed by atoms with E-state index >= 15 is 0 Å². The Balaban J connectivity index is 1.78. The SMILES string of the molecule is Cc1c(NN)nc(C2CC2)nc1NCC1(C)CCCO1. The Morgan fingerprint density at radius 3 is 2.70 bits per heavy atom. The molecule has 1 aromatic heterocycles. The van der Waals surface area contributed by atoms with Gasteiger partial charge in [0.15, 0.2) is 0 Å². The molecule has 0 amide bonds. The lowest BCUT2D eigenvalue weighted by Gasteiger charge is -2.24. The summed E-state index contributed by atoms with van der Waals surface area (Å²) in [5.74, 6) is 8.53. The molecule has 0 aromatic carbocycles. The lowest BCUT2D eigenvalue weighted by molar-refractivity contribution is 0.0314. The van der Waals surface area contributed by atoms with E-state index in [9.17, 15) is 0 Å². The molecule has 110 valence electrons. The van der Waals surface area contributed by atoms with Gasteiger partial charge in [-0.1, -0.05) is 0 Å². The van der Waals surface area contributed by atoms with E-state index in [0.717, 1.165) is 43.2 Å². The van der Waals surface area contributed by atoms with Crippen molar-refractivity contribution in [3.63, 3.8) is 0 Å². The van der Waals surface area contributed by atoms with Crippen LogP contribution in [-0.2, 0) is 4.74 Å². The zero-order valence-corrected chi connectivity index (χ0v) is 12.2. The number of nitrogens with one attached hydrogen (secondary N) is 2. The summed E-state index contributed by atoms with van der Waals surface area (Å²) in [4.78, 5) is 9.15. The number of hydrazine groups is 1. The second-order valence-corrected chi connectivity index (χ2v) is 6.08. The van der Waals surface area contributed by atoms with Crippen molar-refractivity contribution in [1.82, 2.24) is 9.97 Å². The Morgan fingerprint density at radius 1 is 1.35 bits per heavy atom. The summed E-state index contributed by atoms with van der Waals surface area (Å²) in [5, 5.41) is 3.42. The predicted octanol–water partition coefficient (Wildman–Crippen LogP) is 1.93. The molecule has 2 fully saturated rings. The van der Waals surface area contributed by atoms with Gasteiger partial charge in [-0.3, -0.25) is 0 Å². The monoisotopic (exact) mass is 277 g/mol. The van der Waals surface area contributed by atoms with Crippen LogP contribution >= 0.6 is 0 Å². The van der Waals surface area contributed by atoms with Gasteiger partial charge in [-0.15, -0.1) is 0 Å². The molecule has 4 N–H and O–H groups in total. The molecular weight excluding hydrogens is 254 g/mol. The fourth-order valence-electron chi connectivity index (χ4n) is 2.62. The lowest BCUT2D eigenvalue weighted by Crippen LogP contribution is -2.33. The highest BCUT2D eigenvalue weighted by Gasteiger charge is 2.31. The maximum atomic E-state index is 5.80. The standard InChI is InChI=1S/C14H23N5O/c1-9-11(16-8-14(2)6-3-7-20-14)17-13(10-4-5-10)18-12(9)19-15/h10H,3-8,15H2,1-2H3,(H2,16,17,18,19). The van der Waals surface area contributed by atoms with Gasteiger partial charge in [0.1, 0.15) is 17.5 Å². The molecule has 6 heteroatoms. The van der Waals surface area contributed by atoms with E-state index in [1.165, 1.54) is 12.8 Å². The molecule has 20 heavy (non-hydrogen) atoms. The van der Waals surface area contributed by atoms with Crippen molar-refractivity contribution in [3.05, 3.63) is 11.4 Å². The van der Waals surface area contributed by atoms with Gasteiger partial charge in [0.05, 0.1) is 5.60 Å². The van der Waals surface area contributed by atoms with Crippen molar-refractivity contribution in [2.75, 3.05) is 23.9 Å². The number of nitrogens with two attached hydrogens (primary N) is 1. The van der Waals surface area contributed by atoms with Crippen LogP contribution in [0.1, 0.15) is 49.9 Å². The summed E-state index contributed by atoms with van der Waals surface area (Å²) in [7, 11) is 0. The molecule has 3 rings (SSSR count). The maximum Gasteiger partial charge on any atom is 0.148 e. The molecule has 0 spiro atoms. The number of nitrogens with zero attached hydrogens (tertiary/aromatic N) is 2. The quantitative estimate of drug-likeness (QED) is 0.563. The average molecular weight is 277 g/mol. The van der Waals surface area contributed by atoms with E-state index in [1.54, 1.807) is 0 Å². The van der Waals surface area contributed by atoms with Crippen molar-refractivity contribution in [2.45, 2.75) is 51.0 Å². The molecule has 2 heterocycles. The fraction of sp³-hybridized carbons (Fsp3) is 0.714. The number of ether oxygens (including phenoxy) is 1. The minimum Gasteiger partial charge on any atom is -0.373 e. The lowest BCUT2D eigenvalue weighted by atomic mass is 10.0. The number of anilines is 2. The topological polar surface area (TPSA) is 85.1 Å². The highest BCUT2D eigenvalue weighted by Crippen LogP contribution is 2.39. The normalized spacial score (nSPS) is 25.8. The molecular formula is C14H23N5O. The molecule has 1 aliphatic carbocycles. The zero-order chi connectivity index (χ0) is 14.2. The Bertz CT molecular complexity index is 495. The number of hydrogen-bond donors (Lipinski definition) is 3. The summed E-state index contributed by atoms with van der Waals surface area (Å²) in [5.41, 5.74) is 3.54. The Hall–Kier alpha value is -1.40. The van der Waals surface area contributed by atoms with Crippen LogP contribution < -0.4 is 16.6 Å². The minimum atomic E-state index is -0.0898. The van der Waals surface area contributed by atoms with Crippen molar-refractivity contribution in [2.24, 2.45) is 5.84 Å². The highest BCUT2D eigenvalue weighted by atomic mass is 16.5. The van der Waals surface area contributed by atoms with Gasteiger partial charge in [0.2, 0.25) is 0 Å². The molecule has 6 nitrogen and oxygen atoms in total. The first-order chi connectivity index (χ1) is 9.61. The Kier molecular flexibility index (Phi) is 3.52. The van der Waals surface area contributed by atoms with Crippen molar-refractivity contribution >= 4 is 11.6 Å². The van der Waals surface area contributed by atoms with Gasteiger partial charge in [-0.25, -0.2) is 15.8 Å². The van der Waals surface area contributed by atoms with Crippen LogP contribution in [0.2, 0.25) is 0 Å². The average Bonchev–Trinajstić information content (AvgIpc) is 3.20. The van der Waals surface area contributed by atoms with E-state index in [-0.39, 0.29) is 5.60 Å². The van der Waals surface area contributed by atoms with E-state index in [1.807, 2.05) is 6.92 Å². The first kappa shape index (κ1) is 13.6. The number of nitrogen functional groups attached to an aromatic ring is 1. The Labute approximate surface area is 119 Å². The highest BCUT2D eigenvalue weighted by molar-refractivity contribution is 5.57. The molecule has 1 aromatic rings. The first-order valence-corrected chi connectivity index (χ1v) is 7.34. The molecule has 1 aliphatic heterocycles. The largest absolute Gasteiger partial charge is 0.373 e. The molecule has 1 saturated carbocycles. The van der Waals surface area contributed by atoms with Crippen LogP contribution in [0.15, 0.2) is 0 Å². The predicted molar refractivity (Wildman–Crippen MR) is 78.6 cm³/mol. The van der Waals surface area contributed by atoms with Gasteiger partial charge in [-0.2, -0.15) is 0 Å². The van der Waals surface area contributed by atoms with Crippen molar-refractivity contribution in [3.8, 4) is 0 Å². The molecule has 1 unspecified atom stereocenters. The Morgan fingerprint density at radius 2 is 2.10 bits per heavy atom. The van der Waals surface area contributed by atoms with Gasteiger partial charge >= 0.3 is 0 Å². The molecule has 1 atom stereocenters. The van der Waals surface area contributed by atoms with Gasteiger partial charge in [-0.05, 0) is 39.5 Å². The zero-order valence-electron chi connectivity index (χ0n) is 12.2. The third kappa shape index (κ3) is 2.71. The third-order valence-corrected chi connectivity index (χ3v) is 4.17. The van der Waals surface area contributed by atoms with Crippen LogP contribution in [0.5, 0.6) is 0 Å². The fourth-order valence-corrected chi connectivity index (χ4v) is 2.62. The minimum absolute atomic E-state index is 0.0898.